The molecule has 23 heavy (non-hydrogen) atoms. The number of methoxy groups -OCH3 is 1. The van der Waals surface area contributed by atoms with Crippen LogP contribution in [-0.4, -0.2) is 51.1 Å². The maximum Gasteiger partial charge on any atom is 0.408 e. The highest BCUT2D eigenvalue weighted by Gasteiger charge is 2.45. The van der Waals surface area contributed by atoms with Gasteiger partial charge in [0.15, 0.2) is 0 Å². The van der Waals surface area contributed by atoms with Crippen molar-refractivity contribution in [3.63, 3.8) is 0 Å². The Balaban J connectivity index is 2.79. The molecule has 1 aliphatic carbocycles. The summed E-state index contributed by atoms with van der Waals surface area (Å²) in [6.45, 7) is 5.15. The average Bonchev–Trinajstić information content (AvgIpc) is 2.36. The molecule has 0 radical (unpaired) electrons. The summed E-state index contributed by atoms with van der Waals surface area (Å²) in [4.78, 5) is 24.1. The van der Waals surface area contributed by atoms with E-state index in [1.54, 1.807) is 20.8 Å². The van der Waals surface area contributed by atoms with Crippen LogP contribution in [0.25, 0.3) is 0 Å². The predicted molar refractivity (Wildman–Crippen MR) is 82.3 cm³/mol. The maximum absolute atomic E-state index is 12.1. The zero-order chi connectivity index (χ0) is 17.9. The molecule has 1 rings (SSSR count). The fourth-order valence-corrected chi connectivity index (χ4v) is 3.19. The summed E-state index contributed by atoms with van der Waals surface area (Å²) in [5, 5.41) is 2.58. The average molecular weight is 351 g/mol. The summed E-state index contributed by atoms with van der Waals surface area (Å²) < 4.78 is 37.3. The molecule has 0 aliphatic heterocycles. The Labute approximate surface area is 137 Å². The molecule has 8 nitrogen and oxygen atoms in total. The van der Waals surface area contributed by atoms with Gasteiger partial charge in [0.1, 0.15) is 11.1 Å². The van der Waals surface area contributed by atoms with E-state index in [2.05, 4.69) is 5.32 Å². The van der Waals surface area contributed by atoms with Gasteiger partial charge in [0.2, 0.25) is 0 Å². The molecule has 0 saturated heterocycles. The highest BCUT2D eigenvalue weighted by Crippen LogP contribution is 2.32. The van der Waals surface area contributed by atoms with Gasteiger partial charge in [0.25, 0.3) is 10.1 Å². The minimum atomic E-state index is -3.56. The number of carbonyl (C=O) groups is 2. The van der Waals surface area contributed by atoms with Crippen LogP contribution in [0.4, 0.5) is 4.79 Å². The van der Waals surface area contributed by atoms with Crippen LogP contribution in [0.3, 0.4) is 0 Å². The molecule has 0 aromatic rings. The predicted octanol–water partition coefficient (Wildman–Crippen LogP) is 1.34. The molecule has 1 aliphatic rings. The van der Waals surface area contributed by atoms with E-state index in [0.717, 1.165) is 6.26 Å². The van der Waals surface area contributed by atoms with E-state index in [4.69, 9.17) is 13.7 Å². The molecule has 0 bridgehead atoms. The second kappa shape index (κ2) is 7.04. The first-order valence-electron chi connectivity index (χ1n) is 7.35. The van der Waals surface area contributed by atoms with Crippen molar-refractivity contribution in [2.24, 2.45) is 0 Å². The molecule has 1 N–H and O–H groups in total. The van der Waals surface area contributed by atoms with Crippen molar-refractivity contribution in [3.05, 3.63) is 0 Å². The largest absolute Gasteiger partial charge is 0.467 e. The number of hydrogen-bond acceptors (Lipinski definition) is 7. The highest BCUT2D eigenvalue weighted by atomic mass is 32.2. The van der Waals surface area contributed by atoms with E-state index < -0.39 is 39.4 Å². The summed E-state index contributed by atoms with van der Waals surface area (Å²) in [6, 6.07) is 0. The molecular formula is C14H25NO7S. The zero-order valence-electron chi connectivity index (χ0n) is 14.2. The van der Waals surface area contributed by atoms with E-state index >= 15 is 0 Å². The Morgan fingerprint density at radius 2 is 1.70 bits per heavy atom. The first-order chi connectivity index (χ1) is 10.4. The SMILES string of the molecule is COC(=O)[C@]1(NC(=O)OC(C)(C)C)CC[C@@H](OS(C)(=O)=O)CC1. The van der Waals surface area contributed by atoms with Crippen LogP contribution in [0, 0.1) is 0 Å². The molecule has 1 amide bonds. The van der Waals surface area contributed by atoms with Crippen LogP contribution in [0.1, 0.15) is 46.5 Å². The van der Waals surface area contributed by atoms with E-state index in [1.807, 2.05) is 0 Å². The van der Waals surface area contributed by atoms with Crippen LogP contribution in [0.2, 0.25) is 0 Å². The van der Waals surface area contributed by atoms with E-state index in [1.165, 1.54) is 7.11 Å². The third-order valence-electron chi connectivity index (χ3n) is 3.41. The topological polar surface area (TPSA) is 108 Å². The maximum atomic E-state index is 12.1. The van der Waals surface area contributed by atoms with Gasteiger partial charge >= 0.3 is 12.1 Å². The van der Waals surface area contributed by atoms with Gasteiger partial charge in [-0.3, -0.25) is 4.18 Å². The van der Waals surface area contributed by atoms with E-state index in [-0.39, 0.29) is 12.8 Å². The molecule has 9 heteroatoms. The molecule has 134 valence electrons. The van der Waals surface area contributed by atoms with Crippen molar-refractivity contribution < 1.29 is 31.7 Å². The van der Waals surface area contributed by atoms with Crippen molar-refractivity contribution in [2.75, 3.05) is 13.4 Å². The molecule has 0 spiro atoms. The van der Waals surface area contributed by atoms with Gasteiger partial charge < -0.3 is 14.8 Å². The monoisotopic (exact) mass is 351 g/mol. The summed E-state index contributed by atoms with van der Waals surface area (Å²) >= 11 is 0. The molecule has 0 aromatic heterocycles. The lowest BCUT2D eigenvalue weighted by molar-refractivity contribution is -0.150. The summed E-state index contributed by atoms with van der Waals surface area (Å²) in [5.41, 5.74) is -1.92. The second-order valence-electron chi connectivity index (χ2n) is 6.70. The smallest absolute Gasteiger partial charge is 0.408 e. The first kappa shape index (κ1) is 19.7. The van der Waals surface area contributed by atoms with Gasteiger partial charge in [0.05, 0.1) is 19.5 Å². The normalized spacial score (nSPS) is 25.5. The lowest BCUT2D eigenvalue weighted by atomic mass is 9.80. The molecule has 1 fully saturated rings. The van der Waals surface area contributed by atoms with Crippen LogP contribution >= 0.6 is 0 Å². The Bertz CT molecular complexity index is 542. The van der Waals surface area contributed by atoms with Crippen molar-refractivity contribution >= 4 is 22.2 Å². The number of hydrogen-bond donors (Lipinski definition) is 1. The summed E-state index contributed by atoms with van der Waals surface area (Å²) in [7, 11) is -2.33. The van der Waals surface area contributed by atoms with Gasteiger partial charge in [-0.05, 0) is 46.5 Å². The van der Waals surface area contributed by atoms with Crippen LogP contribution in [0.5, 0.6) is 0 Å². The number of alkyl carbamates (subject to hydrolysis) is 1. The molecule has 0 aromatic carbocycles. The van der Waals surface area contributed by atoms with Crippen molar-refractivity contribution in [1.29, 1.82) is 0 Å². The standard InChI is InChI=1S/C14H25NO7S/c1-13(2,3)21-12(17)15-14(11(16)20-4)8-6-10(7-9-14)22-23(5,18)19/h10H,6-9H2,1-5H3,(H,15,17)/t10-,14+. The number of ether oxygens (including phenoxy) is 2. The summed E-state index contributed by atoms with van der Waals surface area (Å²) in [5.74, 6) is -0.582. The van der Waals surface area contributed by atoms with E-state index in [0.29, 0.717) is 12.8 Å². The van der Waals surface area contributed by atoms with Crippen LogP contribution in [0.15, 0.2) is 0 Å². The minimum Gasteiger partial charge on any atom is -0.467 e. The third kappa shape index (κ3) is 6.34. The fourth-order valence-electron chi connectivity index (χ4n) is 2.50. The Hall–Kier alpha value is -1.35. The Morgan fingerprint density at radius 1 is 1.17 bits per heavy atom. The van der Waals surface area contributed by atoms with Gasteiger partial charge in [-0.25, -0.2) is 9.59 Å². The quantitative estimate of drug-likeness (QED) is 0.601. The number of nitrogens with one attached hydrogen (secondary N) is 1. The molecule has 0 atom stereocenters. The lowest BCUT2D eigenvalue weighted by Crippen LogP contribution is -2.58. The number of esters is 1. The van der Waals surface area contributed by atoms with Crippen molar-refractivity contribution in [3.8, 4) is 0 Å². The molecule has 0 heterocycles. The molecular weight excluding hydrogens is 326 g/mol. The van der Waals surface area contributed by atoms with Gasteiger partial charge in [-0.15, -0.1) is 0 Å². The van der Waals surface area contributed by atoms with Gasteiger partial charge in [-0.1, -0.05) is 0 Å². The number of carbonyl (C=O) groups excluding carboxylic acids is 2. The Morgan fingerprint density at radius 3 is 2.09 bits per heavy atom. The third-order valence-corrected chi connectivity index (χ3v) is 4.04. The van der Waals surface area contributed by atoms with E-state index in [9.17, 15) is 18.0 Å². The van der Waals surface area contributed by atoms with Crippen LogP contribution in [-0.2, 0) is 28.6 Å². The van der Waals surface area contributed by atoms with Gasteiger partial charge in [-0.2, -0.15) is 8.42 Å². The lowest BCUT2D eigenvalue weighted by Gasteiger charge is -2.38. The zero-order valence-corrected chi connectivity index (χ0v) is 15.0. The second-order valence-corrected chi connectivity index (χ2v) is 8.30. The summed E-state index contributed by atoms with van der Waals surface area (Å²) in [6.07, 6.45) is 0.774. The van der Waals surface area contributed by atoms with Gasteiger partial charge in [0, 0.05) is 0 Å². The molecule has 0 unspecified atom stereocenters. The highest BCUT2D eigenvalue weighted by molar-refractivity contribution is 7.86. The molecule has 1 saturated carbocycles. The van der Waals surface area contributed by atoms with Crippen molar-refractivity contribution in [1.82, 2.24) is 5.32 Å². The first-order valence-corrected chi connectivity index (χ1v) is 9.16. The Kier molecular flexibility index (Phi) is 6.03. The van der Waals surface area contributed by atoms with Crippen LogP contribution < -0.4 is 5.32 Å². The number of rotatable bonds is 4. The fraction of sp³-hybridized carbons (Fsp3) is 0.857. The number of amides is 1. The van der Waals surface area contributed by atoms with Crippen molar-refractivity contribution in [2.45, 2.75) is 63.7 Å². The minimum absolute atomic E-state index is 0.207.